The molecule has 9 heteroatoms. The van der Waals surface area contributed by atoms with Crippen molar-refractivity contribution in [3.8, 4) is 11.5 Å². The summed E-state index contributed by atoms with van der Waals surface area (Å²) in [4.78, 5) is 14.0. The van der Waals surface area contributed by atoms with Gasteiger partial charge >= 0.3 is 0 Å². The molecule has 3 rings (SSSR count). The lowest BCUT2D eigenvalue weighted by molar-refractivity contribution is 0.102. The molecule has 0 saturated carbocycles. The minimum atomic E-state index is -3.66. The molecule has 7 nitrogen and oxygen atoms in total. The minimum Gasteiger partial charge on any atom is -0.497 e. The van der Waals surface area contributed by atoms with Crippen molar-refractivity contribution in [2.24, 2.45) is 0 Å². The Morgan fingerprint density at radius 1 is 1.09 bits per heavy atom. The maximum atomic E-state index is 12.8. The highest BCUT2D eigenvalue weighted by atomic mass is 32.2. The van der Waals surface area contributed by atoms with Gasteiger partial charge in [0.1, 0.15) is 11.5 Å². The summed E-state index contributed by atoms with van der Waals surface area (Å²) in [5.74, 6) is 0.758. The van der Waals surface area contributed by atoms with Crippen molar-refractivity contribution < 1.29 is 22.7 Å². The number of benzene rings is 2. The second-order valence-electron chi connectivity index (χ2n) is 7.27. The second-order valence-corrected chi connectivity index (χ2v) is 10.1. The summed E-state index contributed by atoms with van der Waals surface area (Å²) in [6.45, 7) is 2.92. The molecule has 33 heavy (non-hydrogen) atoms. The molecule has 0 atom stereocenters. The summed E-state index contributed by atoms with van der Waals surface area (Å²) >= 11 is 1.59. The highest BCUT2D eigenvalue weighted by Crippen LogP contribution is 2.30. The van der Waals surface area contributed by atoms with Crippen LogP contribution in [-0.4, -0.2) is 34.6 Å². The van der Waals surface area contributed by atoms with E-state index >= 15 is 0 Å². The third-order valence-corrected chi connectivity index (χ3v) is 7.27. The van der Waals surface area contributed by atoms with Crippen LogP contribution in [0.2, 0.25) is 0 Å². The molecule has 3 aromatic rings. The molecule has 0 aliphatic carbocycles. The van der Waals surface area contributed by atoms with Crippen molar-refractivity contribution >= 4 is 33.0 Å². The van der Waals surface area contributed by atoms with Crippen molar-refractivity contribution in [1.82, 2.24) is 4.72 Å². The van der Waals surface area contributed by atoms with Gasteiger partial charge in [-0.05, 0) is 60.7 Å². The molecule has 0 aliphatic heterocycles. The van der Waals surface area contributed by atoms with Gasteiger partial charge in [-0.1, -0.05) is 19.4 Å². The van der Waals surface area contributed by atoms with Crippen LogP contribution in [0.15, 0.2) is 64.9 Å². The highest BCUT2D eigenvalue weighted by Gasteiger charge is 2.16. The van der Waals surface area contributed by atoms with Crippen LogP contribution < -0.4 is 19.5 Å². The Morgan fingerprint density at radius 3 is 2.55 bits per heavy atom. The van der Waals surface area contributed by atoms with E-state index in [1.807, 2.05) is 17.5 Å². The molecule has 0 spiro atoms. The number of methoxy groups -OCH3 is 1. The van der Waals surface area contributed by atoms with Gasteiger partial charge in [0, 0.05) is 23.1 Å². The van der Waals surface area contributed by atoms with E-state index in [4.69, 9.17) is 9.47 Å². The Morgan fingerprint density at radius 2 is 1.88 bits per heavy atom. The van der Waals surface area contributed by atoms with Gasteiger partial charge in [-0.2, -0.15) is 0 Å². The standard InChI is InChI=1S/C24H28N2O5S2/c1-3-4-15-31-23-12-9-19(30-2)17-22(23)26-24(27)18-7-10-21(11-8-18)33(28,29)25-14-13-20-6-5-16-32-20/h5-12,16-17,25H,3-4,13-15H2,1-2H3,(H,26,27). The van der Waals surface area contributed by atoms with E-state index in [-0.39, 0.29) is 10.8 Å². The van der Waals surface area contributed by atoms with E-state index in [1.54, 1.807) is 36.6 Å². The topological polar surface area (TPSA) is 93.7 Å². The molecule has 1 heterocycles. The van der Waals surface area contributed by atoms with Crippen molar-refractivity contribution in [3.63, 3.8) is 0 Å². The maximum Gasteiger partial charge on any atom is 0.255 e. The fourth-order valence-electron chi connectivity index (χ4n) is 3.01. The molecule has 0 unspecified atom stereocenters. The molecule has 0 radical (unpaired) electrons. The fourth-order valence-corrected chi connectivity index (χ4v) is 4.75. The van der Waals surface area contributed by atoms with E-state index < -0.39 is 10.0 Å². The zero-order valence-corrected chi connectivity index (χ0v) is 20.3. The first-order valence-corrected chi connectivity index (χ1v) is 13.0. The number of hydrogen-bond donors (Lipinski definition) is 2. The molecule has 0 fully saturated rings. The van der Waals surface area contributed by atoms with E-state index in [2.05, 4.69) is 17.0 Å². The second kappa shape index (κ2) is 11.8. The molecule has 176 valence electrons. The van der Waals surface area contributed by atoms with E-state index in [1.165, 1.54) is 24.3 Å². The van der Waals surface area contributed by atoms with Crippen LogP contribution >= 0.6 is 11.3 Å². The summed E-state index contributed by atoms with van der Waals surface area (Å²) in [6, 6.07) is 14.9. The van der Waals surface area contributed by atoms with E-state index in [9.17, 15) is 13.2 Å². The minimum absolute atomic E-state index is 0.107. The molecular weight excluding hydrogens is 460 g/mol. The lowest BCUT2D eigenvalue weighted by atomic mass is 10.2. The first-order chi connectivity index (χ1) is 15.9. The Labute approximate surface area is 198 Å². The number of carbonyl (C=O) groups is 1. The Bertz CT molecular complexity index is 1140. The normalized spacial score (nSPS) is 11.2. The van der Waals surface area contributed by atoms with Crippen LogP contribution in [0, 0.1) is 0 Å². The Kier molecular flexibility index (Phi) is 8.87. The van der Waals surface area contributed by atoms with Gasteiger partial charge in [-0.15, -0.1) is 11.3 Å². The third-order valence-electron chi connectivity index (χ3n) is 4.86. The molecule has 0 bridgehead atoms. The number of rotatable bonds is 12. The number of hydrogen-bond acceptors (Lipinski definition) is 6. The molecule has 1 aromatic heterocycles. The van der Waals surface area contributed by atoms with Crippen LogP contribution in [0.5, 0.6) is 11.5 Å². The number of carbonyl (C=O) groups excluding carboxylic acids is 1. The van der Waals surface area contributed by atoms with Gasteiger partial charge in [-0.25, -0.2) is 13.1 Å². The van der Waals surface area contributed by atoms with Crippen molar-refractivity contribution in [3.05, 3.63) is 70.4 Å². The summed E-state index contributed by atoms with van der Waals surface area (Å²) in [6.07, 6.45) is 2.52. The quantitative estimate of drug-likeness (QED) is 0.360. The summed E-state index contributed by atoms with van der Waals surface area (Å²) in [7, 11) is -2.11. The number of unbranched alkanes of at least 4 members (excludes halogenated alkanes) is 1. The molecule has 1 amide bonds. The fraction of sp³-hybridized carbons (Fsp3) is 0.292. The summed E-state index contributed by atoms with van der Waals surface area (Å²) in [5.41, 5.74) is 0.817. The molecule has 0 saturated heterocycles. The zero-order valence-electron chi connectivity index (χ0n) is 18.7. The van der Waals surface area contributed by atoms with Gasteiger partial charge in [0.15, 0.2) is 0 Å². The van der Waals surface area contributed by atoms with Crippen LogP contribution in [0.3, 0.4) is 0 Å². The monoisotopic (exact) mass is 488 g/mol. The zero-order chi connectivity index (χ0) is 23.7. The van der Waals surface area contributed by atoms with Crippen LogP contribution in [0.1, 0.15) is 35.0 Å². The number of nitrogens with one attached hydrogen (secondary N) is 2. The maximum absolute atomic E-state index is 12.8. The molecule has 0 aliphatic rings. The van der Waals surface area contributed by atoms with Crippen molar-refractivity contribution in [2.75, 3.05) is 25.6 Å². The lowest BCUT2D eigenvalue weighted by Crippen LogP contribution is -2.26. The predicted octanol–water partition coefficient (Wildman–Crippen LogP) is 4.71. The van der Waals surface area contributed by atoms with Gasteiger partial charge in [-0.3, -0.25) is 4.79 Å². The van der Waals surface area contributed by atoms with Crippen LogP contribution in [-0.2, 0) is 16.4 Å². The number of ether oxygens (including phenoxy) is 2. The number of thiophene rings is 1. The van der Waals surface area contributed by atoms with E-state index in [0.29, 0.717) is 42.3 Å². The predicted molar refractivity (Wildman–Crippen MR) is 131 cm³/mol. The average molecular weight is 489 g/mol. The van der Waals surface area contributed by atoms with E-state index in [0.717, 1.165) is 17.7 Å². The highest BCUT2D eigenvalue weighted by molar-refractivity contribution is 7.89. The third kappa shape index (κ3) is 7.05. The van der Waals surface area contributed by atoms with Gasteiger partial charge < -0.3 is 14.8 Å². The SMILES string of the molecule is CCCCOc1ccc(OC)cc1NC(=O)c1ccc(S(=O)(=O)NCCc2cccs2)cc1. The number of amides is 1. The first-order valence-electron chi connectivity index (χ1n) is 10.7. The number of anilines is 1. The van der Waals surface area contributed by atoms with Crippen molar-refractivity contribution in [1.29, 1.82) is 0 Å². The van der Waals surface area contributed by atoms with Crippen molar-refractivity contribution in [2.45, 2.75) is 31.1 Å². The summed E-state index contributed by atoms with van der Waals surface area (Å²) in [5, 5.41) is 4.79. The Hall–Kier alpha value is -2.88. The van der Waals surface area contributed by atoms with Gasteiger partial charge in [0.25, 0.3) is 5.91 Å². The molecule has 2 N–H and O–H groups in total. The van der Waals surface area contributed by atoms with Gasteiger partial charge in [0.05, 0.1) is 24.3 Å². The first kappa shape index (κ1) is 24.8. The average Bonchev–Trinajstić information content (AvgIpc) is 3.33. The van der Waals surface area contributed by atoms with Crippen LogP contribution in [0.4, 0.5) is 5.69 Å². The lowest BCUT2D eigenvalue weighted by Gasteiger charge is -2.14. The Balaban J connectivity index is 1.66. The largest absolute Gasteiger partial charge is 0.497 e. The van der Waals surface area contributed by atoms with Crippen LogP contribution in [0.25, 0.3) is 0 Å². The number of sulfonamides is 1. The molecule has 2 aromatic carbocycles. The molecular formula is C24H28N2O5S2. The summed E-state index contributed by atoms with van der Waals surface area (Å²) < 4.78 is 38.7. The van der Waals surface area contributed by atoms with Gasteiger partial charge in [0.2, 0.25) is 10.0 Å². The smallest absolute Gasteiger partial charge is 0.255 e.